The number of carbonyl (C=O) groups excluding carboxylic acids is 3. The van der Waals surface area contributed by atoms with E-state index in [-0.39, 0.29) is 22.3 Å². The van der Waals surface area contributed by atoms with E-state index in [2.05, 4.69) is 10.6 Å². The number of amides is 2. The maximum Gasteiger partial charge on any atom is 0.328 e. The van der Waals surface area contributed by atoms with Gasteiger partial charge in [0, 0.05) is 5.41 Å². The van der Waals surface area contributed by atoms with Crippen molar-refractivity contribution in [1.82, 2.24) is 10.6 Å². The summed E-state index contributed by atoms with van der Waals surface area (Å²) in [6.45, 7) is 7.03. The number of ether oxygens (including phenoxy) is 1. The lowest BCUT2D eigenvalue weighted by Crippen LogP contribution is -2.47. The molecule has 8 nitrogen and oxygen atoms in total. The van der Waals surface area contributed by atoms with Gasteiger partial charge < -0.3 is 15.4 Å². The zero-order chi connectivity index (χ0) is 20.8. The van der Waals surface area contributed by atoms with Crippen LogP contribution in [0.5, 0.6) is 0 Å². The second-order valence-electron chi connectivity index (χ2n) is 6.83. The van der Waals surface area contributed by atoms with Crippen molar-refractivity contribution in [2.45, 2.75) is 40.2 Å². The number of carbonyl (C=O) groups is 3. The highest BCUT2D eigenvalue weighted by atomic mass is 32.2. The van der Waals surface area contributed by atoms with Gasteiger partial charge in [-0.1, -0.05) is 45.9 Å². The first-order valence-corrected chi connectivity index (χ1v) is 9.47. The molecule has 0 saturated carbocycles. The van der Waals surface area contributed by atoms with E-state index >= 15 is 0 Å². The molecular weight excluding hydrogens is 368 g/mol. The quantitative estimate of drug-likeness (QED) is 0.627. The van der Waals surface area contributed by atoms with Crippen LogP contribution < -0.4 is 10.6 Å². The monoisotopic (exact) mass is 392 g/mol. The summed E-state index contributed by atoms with van der Waals surface area (Å²) in [6.07, 6.45) is 0.677. The molecular formula is C18H24N4O4S. The Kier molecular flexibility index (Phi) is 7.86. The Hall–Kier alpha value is -2.52. The maximum absolute atomic E-state index is 12.3. The second kappa shape index (κ2) is 9.43. The fourth-order valence-electron chi connectivity index (χ4n) is 2.68. The number of nitriles is 2. The summed E-state index contributed by atoms with van der Waals surface area (Å²) in [6, 6.07) is 3.19. The minimum atomic E-state index is -0.987. The van der Waals surface area contributed by atoms with Crippen LogP contribution in [0.3, 0.4) is 0 Å². The highest BCUT2D eigenvalue weighted by Crippen LogP contribution is 2.41. The van der Waals surface area contributed by atoms with Crippen molar-refractivity contribution in [2.75, 3.05) is 12.9 Å². The molecule has 1 rings (SSSR count). The Balaban J connectivity index is 2.92. The molecule has 0 radical (unpaired) electrons. The van der Waals surface area contributed by atoms with Crippen molar-refractivity contribution in [3.8, 4) is 12.1 Å². The van der Waals surface area contributed by atoms with Crippen molar-refractivity contribution in [3.05, 3.63) is 10.6 Å². The number of rotatable bonds is 7. The summed E-state index contributed by atoms with van der Waals surface area (Å²) in [7, 11) is 1.26. The number of nitrogens with zero attached hydrogens (tertiary/aromatic N) is 2. The van der Waals surface area contributed by atoms with Gasteiger partial charge >= 0.3 is 5.97 Å². The van der Waals surface area contributed by atoms with Crippen LogP contribution in [0.25, 0.3) is 0 Å². The summed E-state index contributed by atoms with van der Waals surface area (Å²) in [5.41, 5.74) is -0.714. The third kappa shape index (κ3) is 5.01. The van der Waals surface area contributed by atoms with E-state index in [4.69, 9.17) is 4.74 Å². The van der Waals surface area contributed by atoms with E-state index in [1.165, 1.54) is 7.11 Å². The van der Waals surface area contributed by atoms with E-state index in [0.29, 0.717) is 6.42 Å². The molecule has 146 valence electrons. The van der Waals surface area contributed by atoms with Gasteiger partial charge in [0.2, 0.25) is 11.8 Å². The molecule has 1 aliphatic heterocycles. The Morgan fingerprint density at radius 3 is 2.52 bits per heavy atom. The van der Waals surface area contributed by atoms with E-state index in [9.17, 15) is 24.9 Å². The molecule has 1 heterocycles. The molecule has 2 amide bonds. The minimum absolute atomic E-state index is 0.0992. The lowest BCUT2D eigenvalue weighted by molar-refractivity contribution is -0.146. The van der Waals surface area contributed by atoms with Crippen molar-refractivity contribution in [3.63, 3.8) is 0 Å². The van der Waals surface area contributed by atoms with Gasteiger partial charge in [-0.15, -0.1) is 0 Å². The molecule has 0 aliphatic carbocycles. The van der Waals surface area contributed by atoms with Gasteiger partial charge in [0.1, 0.15) is 12.0 Å². The molecule has 2 N–H and O–H groups in total. The van der Waals surface area contributed by atoms with Crippen molar-refractivity contribution in [1.29, 1.82) is 10.5 Å². The number of allylic oxidation sites excluding steroid dienone is 1. The standard InChI is InChI=1S/C18H24N4O4S/c1-6-10(2)14(17(25)26-5)21-13(23)9-27-16-12(8-20)18(3,4)11(7-19)15(24)22-16/h10-11,14H,6,9H2,1-5H3,(H,21,23)(H,22,24)/t10-,11+,14-/m1/s1. The number of esters is 1. The van der Waals surface area contributed by atoms with E-state index in [1.54, 1.807) is 13.8 Å². The molecule has 0 aromatic rings. The van der Waals surface area contributed by atoms with Crippen LogP contribution in [0.4, 0.5) is 0 Å². The molecule has 27 heavy (non-hydrogen) atoms. The molecule has 0 spiro atoms. The van der Waals surface area contributed by atoms with Crippen LogP contribution in [0.1, 0.15) is 34.1 Å². The summed E-state index contributed by atoms with van der Waals surface area (Å²) >= 11 is 0.989. The summed E-state index contributed by atoms with van der Waals surface area (Å²) in [4.78, 5) is 36.3. The van der Waals surface area contributed by atoms with Crippen LogP contribution in [0.2, 0.25) is 0 Å². The molecule has 9 heteroatoms. The summed E-state index contributed by atoms with van der Waals surface area (Å²) in [5, 5.41) is 24.1. The van der Waals surface area contributed by atoms with Gasteiger partial charge in [-0.05, 0) is 5.92 Å². The number of thioether (sulfide) groups is 1. The van der Waals surface area contributed by atoms with Crippen LogP contribution in [0, 0.1) is 39.9 Å². The van der Waals surface area contributed by atoms with Crippen molar-refractivity contribution in [2.24, 2.45) is 17.3 Å². The zero-order valence-corrected chi connectivity index (χ0v) is 16.9. The molecule has 0 aromatic heterocycles. The maximum atomic E-state index is 12.3. The molecule has 0 fully saturated rings. The van der Waals surface area contributed by atoms with E-state index < -0.39 is 35.2 Å². The van der Waals surface area contributed by atoms with E-state index in [0.717, 1.165) is 11.8 Å². The fraction of sp³-hybridized carbons (Fsp3) is 0.611. The van der Waals surface area contributed by atoms with Crippen LogP contribution in [-0.2, 0) is 19.1 Å². The van der Waals surface area contributed by atoms with Crippen LogP contribution >= 0.6 is 11.8 Å². The first-order chi connectivity index (χ1) is 12.6. The fourth-order valence-corrected chi connectivity index (χ4v) is 3.67. The first kappa shape index (κ1) is 22.5. The lowest BCUT2D eigenvalue weighted by atomic mass is 9.72. The van der Waals surface area contributed by atoms with Gasteiger partial charge in [0.05, 0.1) is 35.6 Å². The zero-order valence-electron chi connectivity index (χ0n) is 16.1. The third-order valence-electron chi connectivity index (χ3n) is 4.67. The number of nitrogens with one attached hydrogen (secondary N) is 2. The van der Waals surface area contributed by atoms with E-state index in [1.807, 2.05) is 26.0 Å². The number of methoxy groups -OCH3 is 1. The van der Waals surface area contributed by atoms with Crippen LogP contribution in [0.15, 0.2) is 10.6 Å². The molecule has 0 bridgehead atoms. The normalized spacial score (nSPS) is 20.6. The Labute approximate surface area is 163 Å². The second-order valence-corrected chi connectivity index (χ2v) is 7.82. The Morgan fingerprint density at radius 2 is 2.04 bits per heavy atom. The molecule has 3 atom stereocenters. The smallest absolute Gasteiger partial charge is 0.328 e. The molecule has 1 aliphatic rings. The Morgan fingerprint density at radius 1 is 1.41 bits per heavy atom. The highest BCUT2D eigenvalue weighted by Gasteiger charge is 2.44. The first-order valence-electron chi connectivity index (χ1n) is 8.49. The van der Waals surface area contributed by atoms with Crippen molar-refractivity contribution < 1.29 is 19.1 Å². The molecule has 0 aromatic carbocycles. The predicted octanol–water partition coefficient (Wildman–Crippen LogP) is 1.45. The van der Waals surface area contributed by atoms with Gasteiger partial charge in [-0.3, -0.25) is 9.59 Å². The highest BCUT2D eigenvalue weighted by molar-refractivity contribution is 8.03. The predicted molar refractivity (Wildman–Crippen MR) is 99.5 cm³/mol. The van der Waals surface area contributed by atoms with Crippen LogP contribution in [-0.4, -0.2) is 36.7 Å². The van der Waals surface area contributed by atoms with Crippen molar-refractivity contribution >= 4 is 29.5 Å². The third-order valence-corrected chi connectivity index (χ3v) is 5.67. The summed E-state index contributed by atoms with van der Waals surface area (Å²) in [5.74, 6) is -2.64. The average molecular weight is 392 g/mol. The molecule has 0 saturated heterocycles. The van der Waals surface area contributed by atoms with Gasteiger partial charge in [-0.2, -0.15) is 10.5 Å². The SMILES string of the molecule is CC[C@@H](C)[C@@H](NC(=O)CSC1=C(C#N)C(C)(C)[C@@H](C#N)C(=O)N1)C(=O)OC. The van der Waals surface area contributed by atoms with Gasteiger partial charge in [-0.25, -0.2) is 4.79 Å². The number of hydrogen-bond donors (Lipinski definition) is 2. The average Bonchev–Trinajstić information content (AvgIpc) is 2.62. The largest absolute Gasteiger partial charge is 0.467 e. The van der Waals surface area contributed by atoms with Gasteiger partial charge in [0.25, 0.3) is 0 Å². The lowest BCUT2D eigenvalue weighted by Gasteiger charge is -2.34. The summed E-state index contributed by atoms with van der Waals surface area (Å²) < 4.78 is 4.73. The van der Waals surface area contributed by atoms with Gasteiger partial charge in [0.15, 0.2) is 0 Å². The minimum Gasteiger partial charge on any atom is -0.467 e. The topological polar surface area (TPSA) is 132 Å². The number of hydrogen-bond acceptors (Lipinski definition) is 7. The molecule has 0 unspecified atom stereocenters. The Bertz CT molecular complexity index is 733.